The van der Waals surface area contributed by atoms with Crippen molar-refractivity contribution in [2.24, 2.45) is 17.4 Å². The molecule has 1 heterocycles. The van der Waals surface area contributed by atoms with Crippen molar-refractivity contribution < 1.29 is 9.57 Å². The lowest BCUT2D eigenvalue weighted by atomic mass is 10.1. The third-order valence-corrected chi connectivity index (χ3v) is 1.95. The van der Waals surface area contributed by atoms with E-state index >= 15 is 0 Å². The van der Waals surface area contributed by atoms with E-state index in [0.29, 0.717) is 17.9 Å². The molecule has 0 saturated heterocycles. The summed E-state index contributed by atoms with van der Waals surface area (Å²) < 4.78 is 5.27. The van der Waals surface area contributed by atoms with Gasteiger partial charge in [-0.05, 0) is 6.07 Å². The summed E-state index contributed by atoms with van der Waals surface area (Å²) in [4.78, 5) is 4.61. The van der Waals surface area contributed by atoms with Crippen LogP contribution in [0.1, 0.15) is 5.56 Å². The fourth-order valence-corrected chi connectivity index (χ4v) is 1.43. The molecule has 5 nitrogen and oxygen atoms in total. The van der Waals surface area contributed by atoms with E-state index in [1.807, 2.05) is 12.1 Å². The molecule has 1 aliphatic heterocycles. The van der Waals surface area contributed by atoms with Crippen LogP contribution in [-0.2, 0) is 6.42 Å². The van der Waals surface area contributed by atoms with Crippen LogP contribution in [0.15, 0.2) is 18.2 Å². The second-order valence-corrected chi connectivity index (χ2v) is 3.10. The largest absolute Gasteiger partial charge is 0.455 e. The molecule has 0 amide bonds. The molecule has 5 heteroatoms. The molecule has 0 atom stereocenters. The van der Waals surface area contributed by atoms with E-state index in [1.165, 1.54) is 0 Å². The summed E-state index contributed by atoms with van der Waals surface area (Å²) >= 11 is 0. The lowest BCUT2D eigenvalue weighted by molar-refractivity contribution is 0.105. The fourth-order valence-electron chi connectivity index (χ4n) is 1.43. The Morgan fingerprint density at radius 1 is 1.38 bits per heavy atom. The highest BCUT2D eigenvalue weighted by molar-refractivity contribution is 5.49. The maximum Gasteiger partial charge on any atom is 0.217 e. The van der Waals surface area contributed by atoms with E-state index in [9.17, 15) is 0 Å². The van der Waals surface area contributed by atoms with E-state index in [1.54, 1.807) is 6.07 Å². The monoisotopic (exact) mass is 181 g/mol. The van der Waals surface area contributed by atoms with Crippen LogP contribution in [0.3, 0.4) is 0 Å². The average Bonchev–Trinajstić information content (AvgIpc) is 2.37. The maximum absolute atomic E-state index is 5.61. The molecule has 0 aromatic heterocycles. The Morgan fingerprint density at radius 3 is 2.85 bits per heavy atom. The number of fused-ring (bicyclic) bond motifs is 1. The number of hydrogen-bond donors (Lipinski definition) is 3. The summed E-state index contributed by atoms with van der Waals surface area (Å²) in [5, 5.41) is 0. The Hall–Kier alpha value is -1.30. The lowest BCUT2D eigenvalue weighted by Gasteiger charge is -2.17. The molecule has 0 saturated carbocycles. The highest BCUT2D eigenvalue weighted by atomic mass is 16.6. The van der Waals surface area contributed by atoms with Gasteiger partial charge in [0.1, 0.15) is 0 Å². The molecular weight excluding hydrogens is 170 g/mol. The minimum absolute atomic E-state index is 0.454. The molecule has 0 aliphatic carbocycles. The van der Waals surface area contributed by atoms with E-state index in [-0.39, 0.29) is 0 Å². The summed E-state index contributed by atoms with van der Waals surface area (Å²) in [5.74, 6) is 4.90. The minimum atomic E-state index is -1.14. The summed E-state index contributed by atoms with van der Waals surface area (Å²) in [7, 11) is 0. The van der Waals surface area contributed by atoms with Crippen LogP contribution in [0.2, 0.25) is 0 Å². The minimum Gasteiger partial charge on any atom is -0.455 e. The Bertz CT molecular complexity index is 338. The van der Waals surface area contributed by atoms with Gasteiger partial charge in [0, 0.05) is 12.0 Å². The Balaban J connectivity index is 2.45. The molecule has 0 fully saturated rings. The van der Waals surface area contributed by atoms with E-state index < -0.39 is 5.85 Å². The molecule has 0 bridgehead atoms. The van der Waals surface area contributed by atoms with Crippen molar-refractivity contribution in [2.75, 3.05) is 0 Å². The van der Waals surface area contributed by atoms with Gasteiger partial charge in [-0.2, -0.15) is 5.90 Å². The van der Waals surface area contributed by atoms with Gasteiger partial charge >= 0.3 is 0 Å². The van der Waals surface area contributed by atoms with Crippen LogP contribution in [0, 0.1) is 0 Å². The zero-order valence-electron chi connectivity index (χ0n) is 6.99. The number of hydrogen-bond acceptors (Lipinski definition) is 5. The predicted molar refractivity (Wildman–Crippen MR) is 46.7 cm³/mol. The van der Waals surface area contributed by atoms with Gasteiger partial charge in [-0.15, -0.1) is 0 Å². The van der Waals surface area contributed by atoms with Gasteiger partial charge in [0.05, 0.1) is 0 Å². The molecule has 13 heavy (non-hydrogen) atoms. The van der Waals surface area contributed by atoms with Crippen molar-refractivity contribution in [1.82, 2.24) is 0 Å². The molecule has 0 unspecified atom stereocenters. The first-order valence-corrected chi connectivity index (χ1v) is 3.88. The molecular formula is C8H11N3O2. The molecule has 0 spiro atoms. The van der Waals surface area contributed by atoms with Gasteiger partial charge in [0.25, 0.3) is 0 Å². The molecule has 0 radical (unpaired) electrons. The third kappa shape index (κ3) is 1.33. The molecule has 1 aliphatic rings. The first kappa shape index (κ1) is 8.31. The van der Waals surface area contributed by atoms with Crippen LogP contribution in [0.25, 0.3) is 0 Å². The number of rotatable bonds is 1. The fraction of sp³-hybridized carbons (Fsp3) is 0.250. The van der Waals surface area contributed by atoms with Crippen molar-refractivity contribution in [2.45, 2.75) is 12.3 Å². The van der Waals surface area contributed by atoms with Crippen LogP contribution < -0.4 is 26.9 Å². The summed E-state index contributed by atoms with van der Waals surface area (Å²) in [6.07, 6.45) is 0.458. The van der Waals surface area contributed by atoms with Gasteiger partial charge in [0.2, 0.25) is 5.85 Å². The quantitative estimate of drug-likeness (QED) is 0.399. The Labute approximate surface area is 75.4 Å². The van der Waals surface area contributed by atoms with Crippen molar-refractivity contribution in [3.63, 3.8) is 0 Å². The van der Waals surface area contributed by atoms with Gasteiger partial charge in [-0.25, -0.2) is 0 Å². The topological polar surface area (TPSA) is 96.5 Å². The zero-order valence-corrected chi connectivity index (χ0v) is 6.99. The molecule has 1 aromatic carbocycles. The normalized spacial score (nSPS) is 17.8. The molecule has 70 valence electrons. The van der Waals surface area contributed by atoms with E-state index in [2.05, 4.69) is 4.84 Å². The SMILES string of the molecule is NOc1cccc2c1OC(N)(N)C2. The van der Waals surface area contributed by atoms with E-state index in [4.69, 9.17) is 22.1 Å². The van der Waals surface area contributed by atoms with Crippen LogP contribution in [0.4, 0.5) is 0 Å². The number of para-hydroxylation sites is 1. The highest BCUT2D eigenvalue weighted by Crippen LogP contribution is 2.37. The molecule has 2 rings (SSSR count). The standard InChI is InChI=1S/C8H11N3O2/c9-8(10)4-5-2-1-3-6(13-11)7(5)12-8/h1-3H,4,9-11H2. The summed E-state index contributed by atoms with van der Waals surface area (Å²) in [5.41, 5.74) is 12.1. The summed E-state index contributed by atoms with van der Waals surface area (Å²) in [6.45, 7) is 0. The van der Waals surface area contributed by atoms with E-state index in [0.717, 1.165) is 5.56 Å². The predicted octanol–water partition coefficient (Wildman–Crippen LogP) is -0.555. The average molecular weight is 181 g/mol. The number of ether oxygens (including phenoxy) is 1. The second kappa shape index (κ2) is 2.59. The first-order valence-electron chi connectivity index (χ1n) is 3.88. The molecule has 6 N–H and O–H groups in total. The van der Waals surface area contributed by atoms with Gasteiger partial charge in [0.15, 0.2) is 11.5 Å². The third-order valence-electron chi connectivity index (χ3n) is 1.95. The van der Waals surface area contributed by atoms with Crippen molar-refractivity contribution in [1.29, 1.82) is 0 Å². The zero-order chi connectivity index (χ0) is 9.47. The Morgan fingerprint density at radius 2 is 2.15 bits per heavy atom. The lowest BCUT2D eigenvalue weighted by Crippen LogP contribution is -2.53. The van der Waals surface area contributed by atoms with Gasteiger partial charge in [-0.1, -0.05) is 12.1 Å². The van der Waals surface area contributed by atoms with Crippen molar-refractivity contribution in [3.8, 4) is 11.5 Å². The summed E-state index contributed by atoms with van der Waals surface area (Å²) in [6, 6.07) is 5.38. The van der Waals surface area contributed by atoms with Crippen molar-refractivity contribution in [3.05, 3.63) is 23.8 Å². The number of nitrogens with two attached hydrogens (primary N) is 3. The molecule has 1 aromatic rings. The van der Waals surface area contributed by atoms with Crippen LogP contribution in [0.5, 0.6) is 11.5 Å². The highest BCUT2D eigenvalue weighted by Gasteiger charge is 2.33. The Kier molecular flexibility index (Phi) is 1.66. The van der Waals surface area contributed by atoms with Gasteiger partial charge in [-0.3, -0.25) is 11.5 Å². The maximum atomic E-state index is 5.61. The second-order valence-electron chi connectivity index (χ2n) is 3.10. The van der Waals surface area contributed by atoms with Crippen molar-refractivity contribution >= 4 is 0 Å². The van der Waals surface area contributed by atoms with Crippen LogP contribution in [-0.4, -0.2) is 5.85 Å². The first-order chi connectivity index (χ1) is 6.12. The van der Waals surface area contributed by atoms with Crippen LogP contribution >= 0.6 is 0 Å². The smallest absolute Gasteiger partial charge is 0.217 e. The van der Waals surface area contributed by atoms with Gasteiger partial charge < -0.3 is 9.57 Å². The number of benzene rings is 1.